The summed E-state index contributed by atoms with van der Waals surface area (Å²) < 4.78 is 6.82. The predicted octanol–water partition coefficient (Wildman–Crippen LogP) is 2.43. The van der Waals surface area contributed by atoms with Crippen LogP contribution in [-0.4, -0.2) is 41.1 Å². The highest BCUT2D eigenvalue weighted by Gasteiger charge is 2.25. The third-order valence-electron chi connectivity index (χ3n) is 4.68. The molecule has 2 aromatic carbocycles. The van der Waals surface area contributed by atoms with Gasteiger partial charge >= 0.3 is 5.97 Å². The SMILES string of the molecule is CN1C(=O)Cc2cc(C(=O)COC(=O)c3ccc(-n4cccn4)cc3)ccc21. The Balaban J connectivity index is 1.39. The van der Waals surface area contributed by atoms with Crippen LogP contribution in [0.4, 0.5) is 5.69 Å². The first kappa shape index (κ1) is 17.7. The number of benzene rings is 2. The summed E-state index contributed by atoms with van der Waals surface area (Å²) in [7, 11) is 1.70. The molecule has 1 aliphatic rings. The van der Waals surface area contributed by atoms with Crippen molar-refractivity contribution in [2.45, 2.75) is 6.42 Å². The van der Waals surface area contributed by atoms with E-state index in [1.54, 1.807) is 77.6 Å². The van der Waals surface area contributed by atoms with Crippen molar-refractivity contribution in [3.8, 4) is 5.69 Å². The zero-order valence-electron chi connectivity index (χ0n) is 15.2. The Morgan fingerprint density at radius 3 is 2.57 bits per heavy atom. The van der Waals surface area contributed by atoms with E-state index in [-0.39, 0.29) is 24.7 Å². The summed E-state index contributed by atoms with van der Waals surface area (Å²) >= 11 is 0. The molecule has 0 unspecified atom stereocenters. The molecule has 0 aliphatic carbocycles. The number of nitrogens with zero attached hydrogens (tertiary/aromatic N) is 3. The second-order valence-electron chi connectivity index (χ2n) is 6.47. The molecule has 1 amide bonds. The minimum atomic E-state index is -0.573. The molecule has 28 heavy (non-hydrogen) atoms. The lowest BCUT2D eigenvalue weighted by Crippen LogP contribution is -2.20. The molecule has 0 bridgehead atoms. The number of likely N-dealkylation sites (N-methyl/N-ethyl adjacent to an activating group) is 1. The van der Waals surface area contributed by atoms with Gasteiger partial charge in [-0.15, -0.1) is 0 Å². The second-order valence-corrected chi connectivity index (χ2v) is 6.47. The molecule has 0 atom stereocenters. The smallest absolute Gasteiger partial charge is 0.338 e. The fraction of sp³-hybridized carbons (Fsp3) is 0.143. The number of Topliss-reactive ketones (excluding diaryl/α,β-unsaturated/α-hetero) is 1. The average Bonchev–Trinajstić information content (AvgIpc) is 3.34. The van der Waals surface area contributed by atoms with Gasteiger partial charge in [-0.1, -0.05) is 0 Å². The van der Waals surface area contributed by atoms with Gasteiger partial charge in [0, 0.05) is 30.7 Å². The minimum absolute atomic E-state index is 0.00964. The zero-order valence-corrected chi connectivity index (χ0v) is 15.2. The molecule has 0 saturated heterocycles. The van der Waals surface area contributed by atoms with Crippen LogP contribution in [0.5, 0.6) is 0 Å². The molecule has 3 aromatic rings. The van der Waals surface area contributed by atoms with Gasteiger partial charge in [-0.05, 0) is 54.1 Å². The lowest BCUT2D eigenvalue weighted by atomic mass is 10.1. The first-order valence-electron chi connectivity index (χ1n) is 8.73. The van der Waals surface area contributed by atoms with Crippen LogP contribution in [0.2, 0.25) is 0 Å². The maximum atomic E-state index is 12.4. The van der Waals surface area contributed by atoms with E-state index in [2.05, 4.69) is 5.10 Å². The number of anilines is 1. The normalized spacial score (nSPS) is 12.8. The number of ketones is 1. The second kappa shape index (κ2) is 7.11. The zero-order chi connectivity index (χ0) is 19.7. The molecule has 140 valence electrons. The summed E-state index contributed by atoms with van der Waals surface area (Å²) in [6.45, 7) is -0.359. The highest BCUT2D eigenvalue weighted by atomic mass is 16.5. The highest BCUT2D eigenvalue weighted by molar-refractivity contribution is 6.04. The first-order chi connectivity index (χ1) is 13.5. The number of carbonyl (C=O) groups is 3. The average molecular weight is 375 g/mol. The summed E-state index contributed by atoms with van der Waals surface area (Å²) in [5.41, 5.74) is 3.19. The van der Waals surface area contributed by atoms with E-state index < -0.39 is 5.97 Å². The van der Waals surface area contributed by atoms with Crippen LogP contribution >= 0.6 is 0 Å². The number of rotatable bonds is 5. The molecule has 7 nitrogen and oxygen atoms in total. The third kappa shape index (κ3) is 3.29. The monoisotopic (exact) mass is 375 g/mol. The van der Waals surface area contributed by atoms with E-state index in [0.717, 1.165) is 16.9 Å². The lowest BCUT2D eigenvalue weighted by molar-refractivity contribution is -0.117. The van der Waals surface area contributed by atoms with Gasteiger partial charge in [0.15, 0.2) is 12.4 Å². The molecule has 0 fully saturated rings. The van der Waals surface area contributed by atoms with Crippen LogP contribution in [0.15, 0.2) is 60.9 Å². The number of esters is 1. The van der Waals surface area contributed by atoms with E-state index in [1.165, 1.54) is 0 Å². The largest absolute Gasteiger partial charge is 0.454 e. The van der Waals surface area contributed by atoms with Gasteiger partial charge in [0.1, 0.15) is 0 Å². The molecular formula is C21H17N3O4. The highest BCUT2D eigenvalue weighted by Crippen LogP contribution is 2.28. The molecular weight excluding hydrogens is 358 g/mol. The topological polar surface area (TPSA) is 81.5 Å². The summed E-state index contributed by atoms with van der Waals surface area (Å²) in [6.07, 6.45) is 3.74. The number of amides is 1. The standard InChI is InChI=1S/C21H17N3O4/c1-23-18-8-5-15(11-16(18)12-20(23)26)19(25)13-28-21(27)14-3-6-17(7-4-14)24-10-2-9-22-24/h2-11H,12-13H2,1H3. The van der Waals surface area contributed by atoms with E-state index >= 15 is 0 Å². The number of fused-ring (bicyclic) bond motifs is 1. The van der Waals surface area contributed by atoms with Crippen molar-refractivity contribution in [3.05, 3.63) is 77.6 Å². The first-order valence-corrected chi connectivity index (χ1v) is 8.73. The molecule has 4 rings (SSSR count). The van der Waals surface area contributed by atoms with Gasteiger partial charge in [0.2, 0.25) is 5.91 Å². The number of carbonyl (C=O) groups excluding carboxylic acids is 3. The Morgan fingerprint density at radius 2 is 1.86 bits per heavy atom. The van der Waals surface area contributed by atoms with Crippen molar-refractivity contribution in [1.29, 1.82) is 0 Å². The van der Waals surface area contributed by atoms with Gasteiger partial charge in [-0.2, -0.15) is 5.10 Å². The van der Waals surface area contributed by atoms with Gasteiger partial charge in [0.25, 0.3) is 0 Å². The molecule has 7 heteroatoms. The molecule has 0 spiro atoms. The molecule has 0 radical (unpaired) electrons. The Kier molecular flexibility index (Phi) is 4.49. The van der Waals surface area contributed by atoms with Gasteiger partial charge in [0.05, 0.1) is 17.7 Å². The Morgan fingerprint density at radius 1 is 1.11 bits per heavy atom. The summed E-state index contributed by atoms with van der Waals surface area (Å²) in [6, 6.07) is 13.6. The molecule has 1 aliphatic heterocycles. The summed E-state index contributed by atoms with van der Waals surface area (Å²) in [5.74, 6) is -0.896. The van der Waals surface area contributed by atoms with Crippen LogP contribution in [0, 0.1) is 0 Å². The Bertz CT molecular complexity index is 1060. The van der Waals surface area contributed by atoms with Gasteiger partial charge in [-0.25, -0.2) is 9.48 Å². The maximum absolute atomic E-state index is 12.4. The van der Waals surface area contributed by atoms with E-state index in [1.807, 2.05) is 0 Å². The third-order valence-corrected chi connectivity index (χ3v) is 4.68. The van der Waals surface area contributed by atoms with Crippen LogP contribution in [0.25, 0.3) is 5.69 Å². The quantitative estimate of drug-likeness (QED) is 0.505. The minimum Gasteiger partial charge on any atom is -0.454 e. The number of ether oxygens (including phenoxy) is 1. The molecule has 0 saturated carbocycles. The fourth-order valence-corrected chi connectivity index (χ4v) is 3.11. The van der Waals surface area contributed by atoms with Crippen LogP contribution < -0.4 is 4.90 Å². The number of hydrogen-bond acceptors (Lipinski definition) is 5. The number of hydrogen-bond donors (Lipinski definition) is 0. The van der Waals surface area contributed by atoms with E-state index in [0.29, 0.717) is 11.1 Å². The van der Waals surface area contributed by atoms with Crippen molar-refractivity contribution in [2.24, 2.45) is 0 Å². The molecule has 1 aromatic heterocycles. The van der Waals surface area contributed by atoms with Crippen molar-refractivity contribution in [3.63, 3.8) is 0 Å². The molecule has 0 N–H and O–H groups in total. The van der Waals surface area contributed by atoms with E-state index in [9.17, 15) is 14.4 Å². The predicted molar refractivity (Wildman–Crippen MR) is 102 cm³/mol. The van der Waals surface area contributed by atoms with Crippen molar-refractivity contribution in [1.82, 2.24) is 9.78 Å². The Labute approximate surface area is 161 Å². The van der Waals surface area contributed by atoms with Crippen LogP contribution in [0.1, 0.15) is 26.3 Å². The lowest BCUT2D eigenvalue weighted by Gasteiger charge is -2.10. The van der Waals surface area contributed by atoms with Crippen molar-refractivity contribution >= 4 is 23.3 Å². The van der Waals surface area contributed by atoms with Crippen molar-refractivity contribution in [2.75, 3.05) is 18.6 Å². The number of aromatic nitrogens is 2. The van der Waals surface area contributed by atoms with Crippen molar-refractivity contribution < 1.29 is 19.1 Å². The van der Waals surface area contributed by atoms with Crippen LogP contribution in [0.3, 0.4) is 0 Å². The maximum Gasteiger partial charge on any atom is 0.338 e. The van der Waals surface area contributed by atoms with Gasteiger partial charge < -0.3 is 9.64 Å². The summed E-state index contributed by atoms with van der Waals surface area (Å²) in [4.78, 5) is 37.9. The van der Waals surface area contributed by atoms with Crippen LogP contribution in [-0.2, 0) is 16.0 Å². The molecule has 2 heterocycles. The fourth-order valence-electron chi connectivity index (χ4n) is 3.11. The van der Waals surface area contributed by atoms with E-state index in [4.69, 9.17) is 4.74 Å². The summed E-state index contributed by atoms with van der Waals surface area (Å²) in [5, 5.41) is 4.12. The van der Waals surface area contributed by atoms with Gasteiger partial charge in [-0.3, -0.25) is 9.59 Å². The Hall–Kier alpha value is -3.74.